The molecule has 5 nitrogen and oxygen atoms in total. The highest BCUT2D eigenvalue weighted by molar-refractivity contribution is 9.10. The van der Waals surface area contributed by atoms with Gasteiger partial charge in [0, 0.05) is 17.6 Å². The Kier molecular flexibility index (Phi) is 5.41. The zero-order valence-corrected chi connectivity index (χ0v) is 16.0. The monoisotopic (exact) mass is 403 g/mol. The van der Waals surface area contributed by atoms with Crippen LogP contribution in [0.3, 0.4) is 0 Å². The number of sulfone groups is 1. The van der Waals surface area contributed by atoms with E-state index in [2.05, 4.69) is 15.9 Å². The largest absolute Gasteiger partial charge is 0.444 e. The third-order valence-corrected chi connectivity index (χ3v) is 6.41. The minimum Gasteiger partial charge on any atom is -0.444 e. The fourth-order valence-corrected chi connectivity index (χ4v) is 4.84. The van der Waals surface area contributed by atoms with Gasteiger partial charge in [-0.25, -0.2) is 13.2 Å². The standard InChI is InChI=1S/C16H22BrNO4S/c1-16(2,3)22-15(19)18-9-7-13(8-10-18)23(20,21)14-6-4-5-12(17)11-14/h4-6,11,13H,7-10H2,1-3H3. The van der Waals surface area contributed by atoms with Crippen molar-refractivity contribution in [3.05, 3.63) is 28.7 Å². The summed E-state index contributed by atoms with van der Waals surface area (Å²) >= 11 is 3.30. The maximum Gasteiger partial charge on any atom is 0.410 e. The van der Waals surface area contributed by atoms with Gasteiger partial charge in [0.25, 0.3) is 0 Å². The Morgan fingerprint density at radius 3 is 2.39 bits per heavy atom. The van der Waals surface area contributed by atoms with Gasteiger partial charge < -0.3 is 9.64 Å². The first-order valence-corrected chi connectivity index (χ1v) is 9.91. The lowest BCUT2D eigenvalue weighted by Gasteiger charge is -2.33. The van der Waals surface area contributed by atoms with Gasteiger partial charge in [-0.05, 0) is 51.8 Å². The molecule has 0 N–H and O–H groups in total. The summed E-state index contributed by atoms with van der Waals surface area (Å²) in [5.74, 6) is 0. The minimum absolute atomic E-state index is 0.322. The number of carbonyl (C=O) groups is 1. The lowest BCUT2D eigenvalue weighted by molar-refractivity contribution is 0.0217. The van der Waals surface area contributed by atoms with Gasteiger partial charge in [0.1, 0.15) is 5.60 Å². The minimum atomic E-state index is -3.38. The molecule has 1 aliphatic rings. The van der Waals surface area contributed by atoms with E-state index in [1.54, 1.807) is 29.2 Å². The average molecular weight is 404 g/mol. The molecule has 23 heavy (non-hydrogen) atoms. The van der Waals surface area contributed by atoms with Crippen LogP contribution in [0.25, 0.3) is 0 Å². The molecule has 0 spiro atoms. The van der Waals surface area contributed by atoms with Crippen LogP contribution in [0.15, 0.2) is 33.6 Å². The van der Waals surface area contributed by atoms with Gasteiger partial charge in [0.15, 0.2) is 9.84 Å². The van der Waals surface area contributed by atoms with Crippen LogP contribution in [-0.2, 0) is 14.6 Å². The van der Waals surface area contributed by atoms with Crippen LogP contribution in [0.2, 0.25) is 0 Å². The highest BCUT2D eigenvalue weighted by Crippen LogP contribution is 2.27. The number of amides is 1. The molecular formula is C16H22BrNO4S. The number of carbonyl (C=O) groups excluding carboxylic acids is 1. The number of ether oxygens (including phenoxy) is 1. The highest BCUT2D eigenvalue weighted by Gasteiger charge is 2.34. The van der Waals surface area contributed by atoms with E-state index in [1.165, 1.54) is 0 Å². The smallest absolute Gasteiger partial charge is 0.410 e. The van der Waals surface area contributed by atoms with E-state index >= 15 is 0 Å². The Bertz CT molecular complexity index is 674. The number of halogens is 1. The first kappa shape index (κ1) is 18.3. The Morgan fingerprint density at radius 1 is 1.26 bits per heavy atom. The number of hydrogen-bond donors (Lipinski definition) is 0. The van der Waals surface area contributed by atoms with Crippen LogP contribution in [0, 0.1) is 0 Å². The molecule has 1 saturated heterocycles. The number of nitrogens with zero attached hydrogens (tertiary/aromatic N) is 1. The van der Waals surface area contributed by atoms with Crippen molar-refractivity contribution in [1.82, 2.24) is 4.90 Å². The Hall–Kier alpha value is -1.08. The Balaban J connectivity index is 2.03. The van der Waals surface area contributed by atoms with Crippen LogP contribution in [0.1, 0.15) is 33.6 Å². The summed E-state index contributed by atoms with van der Waals surface area (Å²) in [5, 5.41) is -0.463. The molecule has 1 amide bonds. The molecule has 2 rings (SSSR count). The van der Waals surface area contributed by atoms with E-state index in [-0.39, 0.29) is 6.09 Å². The van der Waals surface area contributed by atoms with E-state index in [0.717, 1.165) is 4.47 Å². The van der Waals surface area contributed by atoms with Gasteiger partial charge in [-0.2, -0.15) is 0 Å². The van der Waals surface area contributed by atoms with Crippen molar-refractivity contribution >= 4 is 31.9 Å². The van der Waals surface area contributed by atoms with Crippen molar-refractivity contribution in [1.29, 1.82) is 0 Å². The van der Waals surface area contributed by atoms with E-state index in [9.17, 15) is 13.2 Å². The Labute approximate surface area is 146 Å². The summed E-state index contributed by atoms with van der Waals surface area (Å²) in [6.07, 6.45) is 0.470. The summed E-state index contributed by atoms with van der Waals surface area (Å²) in [6, 6.07) is 6.74. The Morgan fingerprint density at radius 2 is 1.87 bits per heavy atom. The van der Waals surface area contributed by atoms with Gasteiger partial charge in [-0.15, -0.1) is 0 Å². The molecule has 0 bridgehead atoms. The molecule has 0 aliphatic carbocycles. The van der Waals surface area contributed by atoms with E-state index in [4.69, 9.17) is 4.74 Å². The van der Waals surface area contributed by atoms with Crippen molar-refractivity contribution in [2.75, 3.05) is 13.1 Å². The molecule has 1 fully saturated rings. The first-order valence-electron chi connectivity index (χ1n) is 7.57. The fourth-order valence-electron chi connectivity index (χ4n) is 2.51. The molecular weight excluding hydrogens is 382 g/mol. The maximum atomic E-state index is 12.7. The van der Waals surface area contributed by atoms with E-state index < -0.39 is 20.7 Å². The van der Waals surface area contributed by atoms with Gasteiger partial charge in [-0.3, -0.25) is 0 Å². The summed E-state index contributed by atoms with van der Waals surface area (Å²) in [7, 11) is -3.38. The quantitative estimate of drug-likeness (QED) is 0.755. The van der Waals surface area contributed by atoms with Gasteiger partial charge in [0.05, 0.1) is 10.1 Å². The molecule has 1 aliphatic heterocycles. The van der Waals surface area contributed by atoms with E-state index in [0.29, 0.717) is 30.8 Å². The molecule has 1 aromatic carbocycles. The molecule has 1 heterocycles. The number of rotatable bonds is 2. The SMILES string of the molecule is CC(C)(C)OC(=O)N1CCC(S(=O)(=O)c2cccc(Br)c2)CC1. The maximum absolute atomic E-state index is 12.7. The molecule has 0 saturated carbocycles. The predicted molar refractivity (Wildman–Crippen MR) is 92.2 cm³/mol. The van der Waals surface area contributed by atoms with Crippen LogP contribution >= 0.6 is 15.9 Å². The molecule has 7 heteroatoms. The van der Waals surface area contributed by atoms with Crippen LogP contribution in [0.4, 0.5) is 4.79 Å². The van der Waals surface area contributed by atoms with Gasteiger partial charge in [0.2, 0.25) is 0 Å². The fraction of sp³-hybridized carbons (Fsp3) is 0.562. The molecule has 128 valence electrons. The zero-order valence-electron chi connectivity index (χ0n) is 13.6. The molecule has 0 radical (unpaired) electrons. The lowest BCUT2D eigenvalue weighted by atomic mass is 10.1. The lowest BCUT2D eigenvalue weighted by Crippen LogP contribution is -2.44. The molecule has 0 unspecified atom stereocenters. The topological polar surface area (TPSA) is 63.7 Å². The third-order valence-electron chi connectivity index (χ3n) is 3.66. The third kappa shape index (κ3) is 4.70. The zero-order chi connectivity index (χ0) is 17.3. The van der Waals surface area contributed by atoms with Crippen molar-refractivity contribution in [2.45, 2.75) is 49.4 Å². The van der Waals surface area contributed by atoms with Crippen molar-refractivity contribution in [3.8, 4) is 0 Å². The van der Waals surface area contributed by atoms with E-state index in [1.807, 2.05) is 20.8 Å². The number of benzene rings is 1. The first-order chi connectivity index (χ1) is 10.6. The predicted octanol–water partition coefficient (Wildman–Crippen LogP) is 3.62. The van der Waals surface area contributed by atoms with Gasteiger partial charge >= 0.3 is 6.09 Å². The molecule has 0 aromatic heterocycles. The summed E-state index contributed by atoms with van der Waals surface area (Å²) in [5.41, 5.74) is -0.545. The van der Waals surface area contributed by atoms with Crippen molar-refractivity contribution < 1.29 is 17.9 Å². The normalized spacial score (nSPS) is 17.1. The second kappa shape index (κ2) is 6.81. The number of piperidine rings is 1. The second-order valence-electron chi connectivity index (χ2n) is 6.67. The highest BCUT2D eigenvalue weighted by atomic mass is 79.9. The van der Waals surface area contributed by atoms with Gasteiger partial charge in [-0.1, -0.05) is 22.0 Å². The molecule has 1 aromatic rings. The average Bonchev–Trinajstić information content (AvgIpc) is 2.45. The number of hydrogen-bond acceptors (Lipinski definition) is 4. The second-order valence-corrected chi connectivity index (χ2v) is 9.81. The summed E-state index contributed by atoms with van der Waals surface area (Å²) < 4.78 is 31.4. The number of likely N-dealkylation sites (tertiary alicyclic amines) is 1. The van der Waals surface area contributed by atoms with Crippen molar-refractivity contribution in [3.63, 3.8) is 0 Å². The van der Waals surface area contributed by atoms with Crippen LogP contribution < -0.4 is 0 Å². The van der Waals surface area contributed by atoms with Crippen LogP contribution in [0.5, 0.6) is 0 Å². The van der Waals surface area contributed by atoms with Crippen molar-refractivity contribution in [2.24, 2.45) is 0 Å². The van der Waals surface area contributed by atoms with Crippen LogP contribution in [-0.4, -0.2) is 43.4 Å². The molecule has 0 atom stereocenters. The summed E-state index contributed by atoms with van der Waals surface area (Å²) in [6.45, 7) is 6.24. The summed E-state index contributed by atoms with van der Waals surface area (Å²) in [4.78, 5) is 13.9.